The van der Waals surface area contributed by atoms with Crippen LogP contribution in [0.3, 0.4) is 0 Å². The number of methoxy groups -OCH3 is 2. The number of para-hydroxylation sites is 4. The lowest BCUT2D eigenvalue weighted by Gasteiger charge is -2.22. The van der Waals surface area contributed by atoms with Gasteiger partial charge in [0.2, 0.25) is 5.91 Å². The number of oxazole rings is 1. The van der Waals surface area contributed by atoms with Gasteiger partial charge in [-0.15, -0.1) is 0 Å². The number of hydrogen-bond acceptors (Lipinski definition) is 6. The third kappa shape index (κ3) is 4.70. The first kappa shape index (κ1) is 22.9. The average Bonchev–Trinajstić information content (AvgIpc) is 3.51. The summed E-state index contributed by atoms with van der Waals surface area (Å²) in [5, 5.41) is 4.66. The van der Waals surface area contributed by atoms with E-state index in [0.29, 0.717) is 28.8 Å². The average molecular weight is 488 g/mol. The topological polar surface area (TPSA) is 89.4 Å². The molecular formula is C27H25N3O4S. The van der Waals surface area contributed by atoms with Crippen LogP contribution in [0.2, 0.25) is 0 Å². The summed E-state index contributed by atoms with van der Waals surface area (Å²) in [5.74, 6) is 1.23. The minimum Gasteiger partial charge on any atom is -0.493 e. The number of nitrogens with one attached hydrogen (secondary N) is 2. The van der Waals surface area contributed by atoms with Gasteiger partial charge in [-0.1, -0.05) is 54.2 Å². The highest BCUT2D eigenvalue weighted by Gasteiger charge is 2.24. The minimum absolute atomic E-state index is 0.107. The first-order valence-corrected chi connectivity index (χ1v) is 12.2. The van der Waals surface area contributed by atoms with Crippen LogP contribution in [0.5, 0.6) is 11.5 Å². The quantitative estimate of drug-likeness (QED) is 0.272. The highest BCUT2D eigenvalue weighted by Crippen LogP contribution is 2.40. The SMILES string of the molecule is COc1cccc(C(CNC(=O)CSc2nc3ccccc3o2)c2c[nH]c3ccccc23)c1OC. The standard InChI is InChI=1S/C27H25N3O4S/c1-32-24-13-7-9-18(26(24)33-2)20(19-14-28-21-10-4-3-8-17(19)21)15-29-25(31)16-35-27-30-22-11-5-6-12-23(22)34-27/h3-14,20,28H,15-16H2,1-2H3,(H,29,31). The molecule has 0 aliphatic rings. The molecule has 5 aromatic rings. The molecular weight excluding hydrogens is 462 g/mol. The van der Waals surface area contributed by atoms with Crippen LogP contribution in [0.4, 0.5) is 0 Å². The molecule has 0 aliphatic heterocycles. The third-order valence-electron chi connectivity index (χ3n) is 5.91. The molecule has 1 amide bonds. The summed E-state index contributed by atoms with van der Waals surface area (Å²) >= 11 is 1.27. The van der Waals surface area contributed by atoms with Gasteiger partial charge in [-0.2, -0.15) is 0 Å². The Morgan fingerprint density at radius 1 is 1.03 bits per heavy atom. The highest BCUT2D eigenvalue weighted by molar-refractivity contribution is 7.99. The number of carbonyl (C=O) groups excluding carboxylic acids is 1. The van der Waals surface area contributed by atoms with Crippen LogP contribution < -0.4 is 14.8 Å². The zero-order valence-electron chi connectivity index (χ0n) is 19.4. The van der Waals surface area contributed by atoms with Crippen molar-refractivity contribution in [3.63, 3.8) is 0 Å². The molecule has 178 valence electrons. The molecule has 0 bridgehead atoms. The van der Waals surface area contributed by atoms with Crippen LogP contribution in [-0.2, 0) is 4.79 Å². The predicted octanol–water partition coefficient (Wildman–Crippen LogP) is 5.37. The number of benzene rings is 3. The zero-order chi connectivity index (χ0) is 24.2. The predicted molar refractivity (Wildman–Crippen MR) is 137 cm³/mol. The maximum atomic E-state index is 12.8. The molecule has 8 heteroatoms. The largest absolute Gasteiger partial charge is 0.493 e. The number of H-pyrrole nitrogens is 1. The van der Waals surface area contributed by atoms with Crippen molar-refractivity contribution in [2.24, 2.45) is 0 Å². The first-order chi connectivity index (χ1) is 17.2. The summed E-state index contributed by atoms with van der Waals surface area (Å²) in [4.78, 5) is 20.6. The first-order valence-electron chi connectivity index (χ1n) is 11.2. The number of fused-ring (bicyclic) bond motifs is 2. The summed E-state index contributed by atoms with van der Waals surface area (Å²) in [6.07, 6.45) is 1.99. The summed E-state index contributed by atoms with van der Waals surface area (Å²) in [6, 6.07) is 21.5. The van der Waals surface area contributed by atoms with Crippen LogP contribution >= 0.6 is 11.8 Å². The number of rotatable bonds is 9. The van der Waals surface area contributed by atoms with E-state index in [9.17, 15) is 4.79 Å². The lowest BCUT2D eigenvalue weighted by Crippen LogP contribution is -2.30. The monoisotopic (exact) mass is 487 g/mol. The van der Waals surface area contributed by atoms with Crippen LogP contribution in [0, 0.1) is 0 Å². The van der Waals surface area contributed by atoms with Crippen molar-refractivity contribution in [3.8, 4) is 11.5 Å². The molecule has 0 spiro atoms. The van der Waals surface area contributed by atoms with Gasteiger partial charge >= 0.3 is 0 Å². The van der Waals surface area contributed by atoms with E-state index in [2.05, 4.69) is 21.4 Å². The van der Waals surface area contributed by atoms with Gasteiger partial charge in [0, 0.05) is 35.1 Å². The molecule has 0 saturated carbocycles. The van der Waals surface area contributed by atoms with Gasteiger partial charge in [0.05, 0.1) is 20.0 Å². The van der Waals surface area contributed by atoms with E-state index in [0.717, 1.165) is 27.5 Å². The van der Waals surface area contributed by atoms with Crippen molar-refractivity contribution in [3.05, 3.63) is 84.1 Å². The second-order valence-electron chi connectivity index (χ2n) is 7.97. The van der Waals surface area contributed by atoms with Gasteiger partial charge < -0.3 is 24.2 Å². The van der Waals surface area contributed by atoms with Crippen molar-refractivity contribution in [2.45, 2.75) is 11.1 Å². The van der Waals surface area contributed by atoms with Crippen LogP contribution in [-0.4, -0.2) is 42.4 Å². The minimum atomic E-state index is -0.158. The lowest BCUT2D eigenvalue weighted by atomic mass is 9.90. The summed E-state index contributed by atoms with van der Waals surface area (Å²) in [5.41, 5.74) is 4.52. The normalized spacial score (nSPS) is 12.1. The number of thioether (sulfide) groups is 1. The number of amides is 1. The highest BCUT2D eigenvalue weighted by atomic mass is 32.2. The molecule has 1 unspecified atom stereocenters. The second-order valence-corrected chi connectivity index (χ2v) is 8.89. The van der Waals surface area contributed by atoms with Crippen molar-refractivity contribution in [2.75, 3.05) is 26.5 Å². The Hall–Kier alpha value is -3.91. The van der Waals surface area contributed by atoms with Gasteiger partial charge in [0.1, 0.15) is 5.52 Å². The molecule has 0 saturated heterocycles. The van der Waals surface area contributed by atoms with E-state index < -0.39 is 0 Å². The van der Waals surface area contributed by atoms with Crippen molar-refractivity contribution >= 4 is 39.7 Å². The summed E-state index contributed by atoms with van der Waals surface area (Å²) in [7, 11) is 3.25. The van der Waals surface area contributed by atoms with Crippen LogP contribution in [0.15, 0.2) is 82.6 Å². The Balaban J connectivity index is 1.38. The van der Waals surface area contributed by atoms with E-state index in [4.69, 9.17) is 13.9 Å². The summed E-state index contributed by atoms with van der Waals surface area (Å²) < 4.78 is 17.0. The Morgan fingerprint density at radius 2 is 1.86 bits per heavy atom. The molecule has 0 radical (unpaired) electrons. The molecule has 2 aromatic heterocycles. The number of hydrogen-bond donors (Lipinski definition) is 2. The van der Waals surface area contributed by atoms with Crippen molar-refractivity contribution < 1.29 is 18.7 Å². The molecule has 7 nitrogen and oxygen atoms in total. The number of carbonyl (C=O) groups is 1. The van der Waals surface area contributed by atoms with Gasteiger partial charge in [-0.25, -0.2) is 4.98 Å². The number of ether oxygens (including phenoxy) is 2. The van der Waals surface area contributed by atoms with E-state index in [-0.39, 0.29) is 17.6 Å². The van der Waals surface area contributed by atoms with E-state index in [1.54, 1.807) is 14.2 Å². The molecule has 2 heterocycles. The lowest BCUT2D eigenvalue weighted by molar-refractivity contribution is -0.118. The van der Waals surface area contributed by atoms with E-state index in [1.807, 2.05) is 66.9 Å². The van der Waals surface area contributed by atoms with Crippen molar-refractivity contribution in [1.29, 1.82) is 0 Å². The van der Waals surface area contributed by atoms with Gasteiger partial charge in [-0.05, 0) is 29.8 Å². The Labute approximate surface area is 206 Å². The fraction of sp³-hybridized carbons (Fsp3) is 0.185. The zero-order valence-corrected chi connectivity index (χ0v) is 20.2. The Kier molecular flexibility index (Phi) is 6.63. The second kappa shape index (κ2) is 10.1. The Bertz CT molecular complexity index is 1440. The molecule has 5 rings (SSSR count). The third-order valence-corrected chi connectivity index (χ3v) is 6.74. The smallest absolute Gasteiger partial charge is 0.257 e. The molecule has 3 aromatic carbocycles. The molecule has 2 N–H and O–H groups in total. The maximum Gasteiger partial charge on any atom is 0.257 e. The number of aromatic amines is 1. The fourth-order valence-corrected chi connectivity index (χ4v) is 4.93. The fourth-order valence-electron chi connectivity index (χ4n) is 4.26. The van der Waals surface area contributed by atoms with E-state index in [1.165, 1.54) is 11.8 Å². The number of nitrogens with zero attached hydrogens (tertiary/aromatic N) is 1. The van der Waals surface area contributed by atoms with Gasteiger partial charge in [0.15, 0.2) is 17.1 Å². The Morgan fingerprint density at radius 3 is 2.69 bits per heavy atom. The van der Waals surface area contributed by atoms with Gasteiger partial charge in [0.25, 0.3) is 5.22 Å². The van der Waals surface area contributed by atoms with Crippen molar-refractivity contribution in [1.82, 2.24) is 15.3 Å². The molecule has 35 heavy (non-hydrogen) atoms. The molecule has 0 aliphatic carbocycles. The summed E-state index contributed by atoms with van der Waals surface area (Å²) in [6.45, 7) is 0.387. The molecule has 0 fully saturated rings. The van der Waals surface area contributed by atoms with Crippen LogP contribution in [0.25, 0.3) is 22.0 Å². The maximum absolute atomic E-state index is 12.8. The van der Waals surface area contributed by atoms with E-state index >= 15 is 0 Å². The van der Waals surface area contributed by atoms with Gasteiger partial charge in [-0.3, -0.25) is 4.79 Å². The number of aromatic nitrogens is 2. The van der Waals surface area contributed by atoms with Crippen LogP contribution in [0.1, 0.15) is 17.0 Å². The molecule has 1 atom stereocenters.